The lowest BCUT2D eigenvalue weighted by atomic mass is 10.1. The van der Waals surface area contributed by atoms with Crippen LogP contribution in [-0.2, 0) is 20.7 Å². The Kier molecular flexibility index (Phi) is 8.26. The van der Waals surface area contributed by atoms with Gasteiger partial charge in [-0.05, 0) is 57.7 Å². The van der Waals surface area contributed by atoms with Gasteiger partial charge in [0.2, 0.25) is 5.91 Å². The van der Waals surface area contributed by atoms with Crippen LogP contribution >= 0.6 is 0 Å². The number of hydrogen-bond donors (Lipinski definition) is 2. The van der Waals surface area contributed by atoms with Crippen LogP contribution in [0.15, 0.2) is 24.3 Å². The number of ether oxygens (including phenoxy) is 2. The Labute approximate surface area is 143 Å². The third-order valence-corrected chi connectivity index (χ3v) is 3.59. The fraction of sp³-hybridized carbons (Fsp3) is 0.556. The number of rotatable bonds is 10. The molecule has 24 heavy (non-hydrogen) atoms. The number of carbonyl (C=O) groups excluding carboxylic acids is 2. The summed E-state index contributed by atoms with van der Waals surface area (Å²) in [6.07, 6.45) is 4.21. The minimum Gasteiger partial charge on any atom is -0.476 e. The van der Waals surface area contributed by atoms with Crippen molar-refractivity contribution in [3.8, 4) is 5.75 Å². The van der Waals surface area contributed by atoms with Gasteiger partial charge in [-0.3, -0.25) is 10.2 Å². The summed E-state index contributed by atoms with van der Waals surface area (Å²) in [6, 6.07) is 7.70. The first-order valence-corrected chi connectivity index (χ1v) is 8.33. The molecular formula is C18H28N2O4. The largest absolute Gasteiger partial charge is 0.476 e. The standard InChI is InChI=1S/C18H28N2O4/c1-4-23-17(22)18(2,3)24-15-12-10-14(11-13-15)8-6-5-7-9-16(21)20-19/h10-13H,4-9,19H2,1-3H3,(H,20,21). The highest BCUT2D eigenvalue weighted by Crippen LogP contribution is 2.21. The first-order chi connectivity index (χ1) is 11.4. The quantitative estimate of drug-likeness (QED) is 0.225. The van der Waals surface area contributed by atoms with Gasteiger partial charge >= 0.3 is 5.97 Å². The number of hydrogen-bond acceptors (Lipinski definition) is 5. The maximum absolute atomic E-state index is 11.8. The van der Waals surface area contributed by atoms with Crippen LogP contribution in [-0.4, -0.2) is 24.1 Å². The van der Waals surface area contributed by atoms with E-state index in [4.69, 9.17) is 15.3 Å². The molecule has 6 heteroatoms. The zero-order chi connectivity index (χ0) is 18.0. The molecule has 6 nitrogen and oxygen atoms in total. The fourth-order valence-electron chi connectivity index (χ4n) is 2.23. The molecule has 0 radical (unpaired) electrons. The number of carbonyl (C=O) groups is 2. The van der Waals surface area contributed by atoms with Gasteiger partial charge in [0.25, 0.3) is 0 Å². The Balaban J connectivity index is 2.40. The van der Waals surface area contributed by atoms with E-state index in [1.807, 2.05) is 24.3 Å². The van der Waals surface area contributed by atoms with Gasteiger partial charge in [0.1, 0.15) is 5.75 Å². The van der Waals surface area contributed by atoms with Crippen LogP contribution in [0.3, 0.4) is 0 Å². The van der Waals surface area contributed by atoms with Crippen molar-refractivity contribution in [3.05, 3.63) is 29.8 Å². The lowest BCUT2D eigenvalue weighted by Gasteiger charge is -2.24. The summed E-state index contributed by atoms with van der Waals surface area (Å²) in [4.78, 5) is 22.8. The van der Waals surface area contributed by atoms with Crippen molar-refractivity contribution < 1.29 is 19.1 Å². The smallest absolute Gasteiger partial charge is 0.349 e. The zero-order valence-electron chi connectivity index (χ0n) is 14.8. The predicted molar refractivity (Wildman–Crippen MR) is 92.3 cm³/mol. The van der Waals surface area contributed by atoms with Crippen molar-refractivity contribution in [2.75, 3.05) is 6.61 Å². The number of amides is 1. The molecule has 3 N–H and O–H groups in total. The molecular weight excluding hydrogens is 308 g/mol. The van der Waals surface area contributed by atoms with Gasteiger partial charge < -0.3 is 9.47 Å². The molecule has 1 amide bonds. The van der Waals surface area contributed by atoms with Gasteiger partial charge in [0.05, 0.1) is 6.61 Å². The van der Waals surface area contributed by atoms with Crippen molar-refractivity contribution in [3.63, 3.8) is 0 Å². The van der Waals surface area contributed by atoms with Crippen LogP contribution in [0.5, 0.6) is 5.75 Å². The maximum atomic E-state index is 11.8. The highest BCUT2D eigenvalue weighted by molar-refractivity contribution is 5.79. The second-order valence-corrected chi connectivity index (χ2v) is 6.10. The normalized spacial score (nSPS) is 11.0. The molecule has 1 aromatic rings. The Bertz CT molecular complexity index is 526. The minimum atomic E-state index is -1.01. The molecule has 0 bridgehead atoms. The Hall–Kier alpha value is -2.08. The third-order valence-electron chi connectivity index (χ3n) is 3.59. The highest BCUT2D eigenvalue weighted by atomic mass is 16.6. The topological polar surface area (TPSA) is 90.6 Å². The molecule has 0 heterocycles. The van der Waals surface area contributed by atoms with E-state index in [1.165, 1.54) is 5.56 Å². The van der Waals surface area contributed by atoms with E-state index in [-0.39, 0.29) is 11.9 Å². The van der Waals surface area contributed by atoms with Crippen LogP contribution in [0.2, 0.25) is 0 Å². The van der Waals surface area contributed by atoms with E-state index in [2.05, 4.69) is 5.43 Å². The van der Waals surface area contributed by atoms with E-state index in [9.17, 15) is 9.59 Å². The lowest BCUT2D eigenvalue weighted by molar-refractivity contribution is -0.158. The molecule has 0 atom stereocenters. The molecule has 134 valence electrons. The summed E-state index contributed by atoms with van der Waals surface area (Å²) in [5, 5.41) is 0. The number of hydrazine groups is 1. The van der Waals surface area contributed by atoms with Gasteiger partial charge in [-0.15, -0.1) is 0 Å². The molecule has 0 aliphatic rings. The van der Waals surface area contributed by atoms with Crippen molar-refractivity contribution >= 4 is 11.9 Å². The van der Waals surface area contributed by atoms with Crippen molar-refractivity contribution in [1.29, 1.82) is 0 Å². The average molecular weight is 336 g/mol. The van der Waals surface area contributed by atoms with Crippen LogP contribution in [0.25, 0.3) is 0 Å². The summed E-state index contributed by atoms with van der Waals surface area (Å²) in [5.41, 5.74) is 2.31. The first-order valence-electron chi connectivity index (χ1n) is 8.33. The number of nitrogens with two attached hydrogens (primary N) is 1. The molecule has 1 aromatic carbocycles. The fourth-order valence-corrected chi connectivity index (χ4v) is 2.23. The lowest BCUT2D eigenvalue weighted by Crippen LogP contribution is -2.39. The van der Waals surface area contributed by atoms with E-state index in [1.54, 1.807) is 20.8 Å². The second kappa shape index (κ2) is 9.93. The van der Waals surface area contributed by atoms with Crippen LogP contribution in [0.1, 0.15) is 52.0 Å². The number of aryl methyl sites for hydroxylation is 1. The SMILES string of the molecule is CCOC(=O)C(C)(C)Oc1ccc(CCCCCC(=O)NN)cc1. The van der Waals surface area contributed by atoms with Crippen molar-refractivity contribution in [2.24, 2.45) is 5.84 Å². The van der Waals surface area contributed by atoms with Gasteiger partial charge in [0, 0.05) is 6.42 Å². The van der Waals surface area contributed by atoms with Crippen LogP contribution in [0.4, 0.5) is 0 Å². The summed E-state index contributed by atoms with van der Waals surface area (Å²) < 4.78 is 10.7. The molecule has 0 unspecified atom stereocenters. The predicted octanol–water partition coefficient (Wildman–Crippen LogP) is 2.50. The molecule has 0 aliphatic carbocycles. The summed E-state index contributed by atoms with van der Waals surface area (Å²) in [6.45, 7) is 5.48. The van der Waals surface area contributed by atoms with Gasteiger partial charge in [-0.25, -0.2) is 10.6 Å². The molecule has 1 rings (SSSR count). The zero-order valence-corrected chi connectivity index (χ0v) is 14.8. The van der Waals surface area contributed by atoms with Gasteiger partial charge in [-0.1, -0.05) is 18.6 Å². The molecule has 0 spiro atoms. The van der Waals surface area contributed by atoms with Crippen LogP contribution < -0.4 is 16.0 Å². The Morgan fingerprint density at radius 2 is 1.79 bits per heavy atom. The second-order valence-electron chi connectivity index (χ2n) is 6.10. The van der Waals surface area contributed by atoms with E-state index >= 15 is 0 Å². The highest BCUT2D eigenvalue weighted by Gasteiger charge is 2.31. The number of nitrogens with one attached hydrogen (secondary N) is 1. The number of esters is 1. The van der Waals surface area contributed by atoms with E-state index in [0.29, 0.717) is 18.8 Å². The van der Waals surface area contributed by atoms with Crippen molar-refractivity contribution in [1.82, 2.24) is 5.43 Å². The van der Waals surface area contributed by atoms with Crippen molar-refractivity contribution in [2.45, 2.75) is 58.5 Å². The monoisotopic (exact) mass is 336 g/mol. The molecule has 0 fully saturated rings. The molecule has 0 aromatic heterocycles. The van der Waals surface area contributed by atoms with Crippen LogP contribution in [0, 0.1) is 0 Å². The van der Waals surface area contributed by atoms with E-state index < -0.39 is 5.60 Å². The maximum Gasteiger partial charge on any atom is 0.349 e. The summed E-state index contributed by atoms with van der Waals surface area (Å²) >= 11 is 0. The molecule has 0 saturated heterocycles. The Morgan fingerprint density at radius 3 is 2.38 bits per heavy atom. The van der Waals surface area contributed by atoms with E-state index in [0.717, 1.165) is 25.7 Å². The number of unbranched alkanes of at least 4 members (excludes halogenated alkanes) is 2. The third kappa shape index (κ3) is 7.00. The average Bonchev–Trinajstić information content (AvgIpc) is 2.55. The molecule has 0 saturated carbocycles. The minimum absolute atomic E-state index is 0.124. The Morgan fingerprint density at radius 1 is 1.12 bits per heavy atom. The van der Waals surface area contributed by atoms with Gasteiger partial charge in [0.15, 0.2) is 5.60 Å². The summed E-state index contributed by atoms with van der Waals surface area (Å²) in [7, 11) is 0. The first kappa shape index (κ1) is 20.0. The summed E-state index contributed by atoms with van der Waals surface area (Å²) in [5.74, 6) is 5.16. The molecule has 0 aliphatic heterocycles. The van der Waals surface area contributed by atoms with Gasteiger partial charge in [-0.2, -0.15) is 0 Å². The number of benzene rings is 1.